The van der Waals surface area contributed by atoms with Crippen LogP contribution in [-0.4, -0.2) is 35.5 Å². The van der Waals surface area contributed by atoms with E-state index in [1.165, 1.54) is 4.31 Å². The Kier molecular flexibility index (Phi) is 4.94. The van der Waals surface area contributed by atoms with Gasteiger partial charge in [-0.05, 0) is 37.1 Å². The predicted molar refractivity (Wildman–Crippen MR) is 96.7 cm³/mol. The third-order valence-electron chi connectivity index (χ3n) is 4.71. The SMILES string of the molecule is O=S(=O)(c1ccc(F)cc1F)N1CCCC1Cc1noc(-c2ccccc2)n1. The van der Waals surface area contributed by atoms with Crippen molar-refractivity contribution in [2.24, 2.45) is 0 Å². The average Bonchev–Trinajstić information content (AvgIpc) is 3.32. The largest absolute Gasteiger partial charge is 0.334 e. The average molecular weight is 405 g/mol. The molecule has 0 N–H and O–H groups in total. The maximum absolute atomic E-state index is 14.1. The first-order chi connectivity index (χ1) is 13.4. The number of aromatic nitrogens is 2. The van der Waals surface area contributed by atoms with E-state index < -0.39 is 32.6 Å². The summed E-state index contributed by atoms with van der Waals surface area (Å²) in [4.78, 5) is 3.81. The lowest BCUT2D eigenvalue weighted by Crippen LogP contribution is -2.37. The molecular weight excluding hydrogens is 388 g/mol. The molecule has 0 radical (unpaired) electrons. The van der Waals surface area contributed by atoms with Crippen LogP contribution in [0.2, 0.25) is 0 Å². The third-order valence-corrected chi connectivity index (χ3v) is 6.70. The zero-order valence-corrected chi connectivity index (χ0v) is 15.6. The molecule has 4 rings (SSSR count). The highest BCUT2D eigenvalue weighted by Gasteiger charge is 2.37. The second-order valence-electron chi connectivity index (χ2n) is 6.57. The Bertz CT molecular complexity index is 1090. The monoisotopic (exact) mass is 405 g/mol. The normalized spacial score (nSPS) is 17.9. The van der Waals surface area contributed by atoms with Gasteiger partial charge in [-0.3, -0.25) is 0 Å². The summed E-state index contributed by atoms with van der Waals surface area (Å²) < 4.78 is 59.5. The van der Waals surface area contributed by atoms with Crippen LogP contribution in [-0.2, 0) is 16.4 Å². The van der Waals surface area contributed by atoms with Crippen LogP contribution in [0.3, 0.4) is 0 Å². The maximum atomic E-state index is 14.1. The zero-order chi connectivity index (χ0) is 19.7. The summed E-state index contributed by atoms with van der Waals surface area (Å²) in [6, 6.07) is 11.3. The molecule has 1 atom stereocenters. The highest BCUT2D eigenvalue weighted by atomic mass is 32.2. The van der Waals surface area contributed by atoms with E-state index in [4.69, 9.17) is 4.52 Å². The molecule has 2 aromatic carbocycles. The molecule has 0 saturated carbocycles. The zero-order valence-electron chi connectivity index (χ0n) is 14.8. The van der Waals surface area contributed by atoms with Crippen molar-refractivity contribution >= 4 is 10.0 Å². The fourth-order valence-electron chi connectivity index (χ4n) is 3.39. The molecule has 6 nitrogen and oxygen atoms in total. The summed E-state index contributed by atoms with van der Waals surface area (Å²) in [7, 11) is -4.10. The highest BCUT2D eigenvalue weighted by molar-refractivity contribution is 7.89. The number of hydrogen-bond acceptors (Lipinski definition) is 5. The number of hydrogen-bond donors (Lipinski definition) is 0. The molecule has 1 aliphatic heterocycles. The summed E-state index contributed by atoms with van der Waals surface area (Å²) in [6.45, 7) is 0.257. The minimum absolute atomic E-state index is 0.248. The van der Waals surface area contributed by atoms with Gasteiger partial charge in [0.05, 0.1) is 0 Å². The van der Waals surface area contributed by atoms with Crippen LogP contribution in [0.4, 0.5) is 8.78 Å². The standard InChI is InChI=1S/C19H17F2N3O3S/c20-14-8-9-17(16(21)11-14)28(25,26)24-10-4-7-15(24)12-18-22-19(27-23-18)13-5-2-1-3-6-13/h1-3,5-6,8-9,11,15H,4,7,10,12H2. The molecule has 1 fully saturated rings. The Morgan fingerprint density at radius 2 is 1.93 bits per heavy atom. The van der Waals surface area contributed by atoms with Gasteiger partial charge >= 0.3 is 0 Å². The van der Waals surface area contributed by atoms with Gasteiger partial charge < -0.3 is 4.52 Å². The molecule has 9 heteroatoms. The summed E-state index contributed by atoms with van der Waals surface area (Å²) in [5, 5.41) is 3.94. The molecule has 1 aliphatic rings. The van der Waals surface area contributed by atoms with Crippen molar-refractivity contribution in [3.05, 3.63) is 66.0 Å². The second kappa shape index (κ2) is 7.40. The quantitative estimate of drug-likeness (QED) is 0.650. The van der Waals surface area contributed by atoms with E-state index in [0.29, 0.717) is 30.6 Å². The molecule has 1 saturated heterocycles. The Balaban J connectivity index is 1.56. The topological polar surface area (TPSA) is 76.3 Å². The third kappa shape index (κ3) is 3.55. The molecule has 0 aliphatic carbocycles. The fraction of sp³-hybridized carbons (Fsp3) is 0.263. The summed E-state index contributed by atoms with van der Waals surface area (Å²) in [5.41, 5.74) is 0.769. The molecule has 0 spiro atoms. The van der Waals surface area contributed by atoms with Crippen molar-refractivity contribution in [1.29, 1.82) is 0 Å². The van der Waals surface area contributed by atoms with Gasteiger partial charge in [0, 0.05) is 30.6 Å². The van der Waals surface area contributed by atoms with E-state index in [2.05, 4.69) is 10.1 Å². The van der Waals surface area contributed by atoms with Crippen LogP contribution in [0, 0.1) is 11.6 Å². The van der Waals surface area contributed by atoms with E-state index in [1.54, 1.807) is 0 Å². The van der Waals surface area contributed by atoms with Crippen molar-refractivity contribution < 1.29 is 21.7 Å². The van der Waals surface area contributed by atoms with Gasteiger partial charge in [-0.2, -0.15) is 9.29 Å². The molecular formula is C19H17F2N3O3S. The summed E-state index contributed by atoms with van der Waals surface area (Å²) in [6.07, 6.45) is 1.48. The van der Waals surface area contributed by atoms with Gasteiger partial charge in [0.15, 0.2) is 5.82 Å². The number of benzene rings is 2. The molecule has 0 amide bonds. The van der Waals surface area contributed by atoms with E-state index in [0.717, 1.165) is 17.7 Å². The Morgan fingerprint density at radius 1 is 1.14 bits per heavy atom. The van der Waals surface area contributed by atoms with Crippen LogP contribution in [0.1, 0.15) is 18.7 Å². The Labute approximate surface area is 160 Å². The number of nitrogens with zero attached hydrogens (tertiary/aromatic N) is 3. The first-order valence-corrected chi connectivity index (χ1v) is 10.2. The van der Waals surface area contributed by atoms with Crippen molar-refractivity contribution in [2.75, 3.05) is 6.54 Å². The lowest BCUT2D eigenvalue weighted by Gasteiger charge is -2.23. The Hall–Kier alpha value is -2.65. The lowest BCUT2D eigenvalue weighted by atomic mass is 10.1. The minimum Gasteiger partial charge on any atom is -0.334 e. The van der Waals surface area contributed by atoms with Crippen molar-refractivity contribution in [1.82, 2.24) is 14.4 Å². The Morgan fingerprint density at radius 3 is 2.68 bits per heavy atom. The van der Waals surface area contributed by atoms with Crippen molar-refractivity contribution in [2.45, 2.75) is 30.2 Å². The summed E-state index contributed by atoms with van der Waals surface area (Å²) >= 11 is 0. The minimum atomic E-state index is -4.10. The molecule has 0 bridgehead atoms. The fourth-order valence-corrected chi connectivity index (χ4v) is 5.13. The van der Waals surface area contributed by atoms with Crippen LogP contribution in [0.25, 0.3) is 11.5 Å². The predicted octanol–water partition coefficient (Wildman–Crippen LogP) is 3.41. The van der Waals surface area contributed by atoms with Crippen LogP contribution >= 0.6 is 0 Å². The van der Waals surface area contributed by atoms with Crippen LogP contribution < -0.4 is 0 Å². The van der Waals surface area contributed by atoms with Gasteiger partial charge in [-0.1, -0.05) is 23.4 Å². The number of sulfonamides is 1. The smallest absolute Gasteiger partial charge is 0.257 e. The molecule has 3 aromatic rings. The van der Waals surface area contributed by atoms with Gasteiger partial charge in [-0.25, -0.2) is 17.2 Å². The van der Waals surface area contributed by atoms with Gasteiger partial charge in [0.1, 0.15) is 16.5 Å². The van der Waals surface area contributed by atoms with E-state index in [9.17, 15) is 17.2 Å². The van der Waals surface area contributed by atoms with Crippen molar-refractivity contribution in [3.8, 4) is 11.5 Å². The van der Waals surface area contributed by atoms with Gasteiger partial charge in [0.2, 0.25) is 10.0 Å². The van der Waals surface area contributed by atoms with Crippen LogP contribution in [0.5, 0.6) is 0 Å². The number of halogens is 2. The first kappa shape index (κ1) is 18.7. The molecule has 28 heavy (non-hydrogen) atoms. The van der Waals surface area contributed by atoms with E-state index >= 15 is 0 Å². The van der Waals surface area contributed by atoms with Crippen molar-refractivity contribution in [3.63, 3.8) is 0 Å². The van der Waals surface area contributed by atoms with E-state index in [-0.39, 0.29) is 13.0 Å². The molecule has 2 heterocycles. The highest BCUT2D eigenvalue weighted by Crippen LogP contribution is 2.29. The summed E-state index contributed by atoms with van der Waals surface area (Å²) in [5.74, 6) is -1.19. The molecule has 146 valence electrons. The van der Waals surface area contributed by atoms with E-state index in [1.807, 2.05) is 30.3 Å². The van der Waals surface area contributed by atoms with Gasteiger partial charge in [0.25, 0.3) is 5.89 Å². The van der Waals surface area contributed by atoms with Gasteiger partial charge in [-0.15, -0.1) is 0 Å². The molecule has 1 unspecified atom stereocenters. The van der Waals surface area contributed by atoms with Crippen LogP contribution in [0.15, 0.2) is 57.9 Å². The maximum Gasteiger partial charge on any atom is 0.257 e. The molecule has 1 aromatic heterocycles. The number of rotatable bonds is 5. The first-order valence-electron chi connectivity index (χ1n) is 8.80. The lowest BCUT2D eigenvalue weighted by molar-refractivity contribution is 0.368. The second-order valence-corrected chi connectivity index (χ2v) is 8.43.